The highest BCUT2D eigenvalue weighted by Crippen LogP contribution is 2.15. The molecule has 7 nitrogen and oxygen atoms in total. The van der Waals surface area contributed by atoms with Crippen LogP contribution in [0.15, 0.2) is 41.8 Å². The number of aromatic amines is 1. The number of hydrogen-bond acceptors (Lipinski definition) is 5. The number of nitrogens with two attached hydrogens (primary N) is 1. The van der Waals surface area contributed by atoms with Crippen LogP contribution in [0, 0.1) is 0 Å². The van der Waals surface area contributed by atoms with Crippen molar-refractivity contribution in [3.63, 3.8) is 0 Å². The van der Waals surface area contributed by atoms with Crippen molar-refractivity contribution in [1.82, 2.24) is 9.97 Å². The third-order valence-corrected chi connectivity index (χ3v) is 3.44. The fraction of sp³-hybridized carbons (Fsp3) is 0.267. The summed E-state index contributed by atoms with van der Waals surface area (Å²) < 4.78 is 5.12. The first-order valence-electron chi connectivity index (χ1n) is 7.06. The van der Waals surface area contributed by atoms with Crippen LogP contribution in [0.3, 0.4) is 0 Å². The number of nitrogens with zero attached hydrogens (tertiary/aromatic N) is 2. The lowest BCUT2D eigenvalue weighted by atomic mass is 10.1. The van der Waals surface area contributed by atoms with Crippen LogP contribution < -0.4 is 11.1 Å². The number of aryl methyl sites for hydroxylation is 1. The quantitative estimate of drug-likeness (QED) is 0.774. The lowest BCUT2D eigenvalue weighted by Gasteiger charge is -2.07. The minimum Gasteiger partial charge on any atom is -0.463 e. The van der Waals surface area contributed by atoms with Gasteiger partial charge in [-0.05, 0) is 30.5 Å². The first-order valence-corrected chi connectivity index (χ1v) is 7.06. The summed E-state index contributed by atoms with van der Waals surface area (Å²) in [6.45, 7) is 0.559. The van der Waals surface area contributed by atoms with E-state index >= 15 is 0 Å². The number of anilines is 1. The summed E-state index contributed by atoms with van der Waals surface area (Å²) in [6.07, 6.45) is 4.80. The molecule has 1 aromatic heterocycles. The first kappa shape index (κ1) is 14.1. The molecule has 4 N–H and O–H groups in total. The molecule has 2 heterocycles. The molecule has 0 aliphatic carbocycles. The van der Waals surface area contributed by atoms with Gasteiger partial charge < -0.3 is 20.8 Å². The molecular weight excluding hydrogens is 282 g/mol. The van der Waals surface area contributed by atoms with Gasteiger partial charge in [-0.3, -0.25) is 4.79 Å². The van der Waals surface area contributed by atoms with Crippen LogP contribution in [0.25, 0.3) is 0 Å². The predicted molar refractivity (Wildman–Crippen MR) is 82.7 cm³/mol. The maximum absolute atomic E-state index is 11.9. The maximum atomic E-state index is 11.9. The van der Waals surface area contributed by atoms with E-state index in [1.165, 1.54) is 11.9 Å². The monoisotopic (exact) mass is 299 g/mol. The van der Waals surface area contributed by atoms with Crippen molar-refractivity contribution in [2.75, 3.05) is 11.9 Å². The molecule has 0 saturated heterocycles. The molecule has 0 saturated carbocycles. The highest BCUT2D eigenvalue weighted by molar-refractivity contribution is 6.02. The van der Waals surface area contributed by atoms with Crippen LogP contribution in [-0.2, 0) is 11.2 Å². The second-order valence-corrected chi connectivity index (χ2v) is 5.08. The summed E-state index contributed by atoms with van der Waals surface area (Å²) in [5.74, 6) is -0.234. The SMILES string of the molecule is NC1=N[C@@H](CCc2ccc(NC(=O)c3c[nH]cn3)cc2)CO1. The molecule has 1 aliphatic rings. The number of aromatic nitrogens is 2. The zero-order valence-corrected chi connectivity index (χ0v) is 12.0. The van der Waals surface area contributed by atoms with Gasteiger partial charge in [0.25, 0.3) is 11.9 Å². The molecule has 1 aliphatic heterocycles. The number of carbonyl (C=O) groups excluding carboxylic acids is 1. The van der Waals surface area contributed by atoms with Crippen molar-refractivity contribution in [2.24, 2.45) is 10.7 Å². The van der Waals surface area contributed by atoms with Crippen molar-refractivity contribution < 1.29 is 9.53 Å². The molecule has 0 fully saturated rings. The Balaban J connectivity index is 1.53. The van der Waals surface area contributed by atoms with Gasteiger partial charge in [-0.15, -0.1) is 0 Å². The smallest absolute Gasteiger partial charge is 0.282 e. The number of amides is 1. The van der Waals surface area contributed by atoms with Crippen LogP contribution in [0.2, 0.25) is 0 Å². The molecule has 2 aromatic rings. The molecule has 114 valence electrons. The first-order chi connectivity index (χ1) is 10.7. The van der Waals surface area contributed by atoms with E-state index in [2.05, 4.69) is 20.3 Å². The van der Waals surface area contributed by atoms with Crippen LogP contribution in [0.5, 0.6) is 0 Å². The van der Waals surface area contributed by atoms with E-state index in [1.807, 2.05) is 24.3 Å². The van der Waals surface area contributed by atoms with Crippen molar-refractivity contribution in [3.05, 3.63) is 48.0 Å². The number of rotatable bonds is 5. The van der Waals surface area contributed by atoms with E-state index in [0.29, 0.717) is 12.3 Å². The highest BCUT2D eigenvalue weighted by Gasteiger charge is 2.16. The number of imidazole rings is 1. The van der Waals surface area contributed by atoms with Gasteiger partial charge in [0.2, 0.25) is 0 Å². The number of aliphatic imine (C=N–C) groups is 1. The maximum Gasteiger partial charge on any atom is 0.282 e. The summed E-state index contributed by atoms with van der Waals surface area (Å²) in [6, 6.07) is 8.15. The molecule has 3 rings (SSSR count). The van der Waals surface area contributed by atoms with Gasteiger partial charge in [0, 0.05) is 11.9 Å². The van der Waals surface area contributed by atoms with Crippen LogP contribution >= 0.6 is 0 Å². The average Bonchev–Trinajstić information content (AvgIpc) is 3.18. The Morgan fingerprint density at radius 3 is 2.86 bits per heavy atom. The third-order valence-electron chi connectivity index (χ3n) is 3.44. The largest absolute Gasteiger partial charge is 0.463 e. The summed E-state index contributed by atoms with van der Waals surface area (Å²) in [7, 11) is 0. The lowest BCUT2D eigenvalue weighted by molar-refractivity contribution is 0.102. The minimum atomic E-state index is -0.234. The van der Waals surface area contributed by atoms with Crippen molar-refractivity contribution in [3.8, 4) is 0 Å². The number of nitrogens with one attached hydrogen (secondary N) is 2. The normalized spacial score (nSPS) is 16.9. The van der Waals surface area contributed by atoms with E-state index in [4.69, 9.17) is 10.5 Å². The molecular formula is C15H17N5O2. The Kier molecular flexibility index (Phi) is 4.04. The Labute approximate surface area is 127 Å². The predicted octanol–water partition coefficient (Wildman–Crippen LogP) is 1.31. The fourth-order valence-electron chi connectivity index (χ4n) is 2.25. The molecule has 1 atom stereocenters. The number of H-pyrrole nitrogens is 1. The lowest BCUT2D eigenvalue weighted by Crippen LogP contribution is -2.12. The minimum absolute atomic E-state index is 0.138. The second-order valence-electron chi connectivity index (χ2n) is 5.08. The molecule has 0 bridgehead atoms. The third kappa shape index (κ3) is 3.43. The summed E-state index contributed by atoms with van der Waals surface area (Å²) >= 11 is 0. The number of hydrogen-bond donors (Lipinski definition) is 3. The topological polar surface area (TPSA) is 105 Å². The van der Waals surface area contributed by atoms with Crippen LogP contribution in [0.4, 0.5) is 5.69 Å². The Morgan fingerprint density at radius 2 is 2.23 bits per heavy atom. The van der Waals surface area contributed by atoms with Gasteiger partial charge in [0.15, 0.2) is 0 Å². The number of benzene rings is 1. The van der Waals surface area contributed by atoms with Gasteiger partial charge in [0.1, 0.15) is 12.3 Å². The molecule has 22 heavy (non-hydrogen) atoms. The number of ether oxygens (including phenoxy) is 1. The van der Waals surface area contributed by atoms with E-state index < -0.39 is 0 Å². The molecule has 7 heteroatoms. The Hall–Kier alpha value is -2.83. The second kappa shape index (κ2) is 6.30. The Morgan fingerprint density at radius 1 is 1.41 bits per heavy atom. The zero-order valence-electron chi connectivity index (χ0n) is 12.0. The fourth-order valence-corrected chi connectivity index (χ4v) is 2.25. The molecule has 0 radical (unpaired) electrons. The zero-order chi connectivity index (χ0) is 15.4. The van der Waals surface area contributed by atoms with Crippen molar-refractivity contribution >= 4 is 17.6 Å². The van der Waals surface area contributed by atoms with Gasteiger partial charge >= 0.3 is 0 Å². The van der Waals surface area contributed by atoms with Gasteiger partial charge in [-0.2, -0.15) is 0 Å². The standard InChI is InChI=1S/C15H17N5O2/c16-15-20-12(8-22-15)6-3-10-1-4-11(5-2-10)19-14(21)13-7-17-9-18-13/h1-2,4-5,7,9,12H,3,6,8H2,(H2,16,20)(H,17,18)(H,19,21)/t12-/m0/s1. The van der Waals surface area contributed by atoms with E-state index in [1.54, 1.807) is 6.20 Å². The molecule has 1 aromatic carbocycles. The average molecular weight is 299 g/mol. The van der Waals surface area contributed by atoms with Crippen molar-refractivity contribution in [2.45, 2.75) is 18.9 Å². The molecule has 0 unspecified atom stereocenters. The molecule has 1 amide bonds. The van der Waals surface area contributed by atoms with Crippen LogP contribution in [-0.4, -0.2) is 34.5 Å². The summed E-state index contributed by atoms with van der Waals surface area (Å²) in [5, 5.41) is 2.79. The summed E-state index contributed by atoms with van der Waals surface area (Å²) in [4.78, 5) is 22.7. The van der Waals surface area contributed by atoms with Gasteiger partial charge in [-0.25, -0.2) is 9.98 Å². The highest BCUT2D eigenvalue weighted by atomic mass is 16.5. The number of carbonyl (C=O) groups is 1. The Bertz CT molecular complexity index is 664. The summed E-state index contributed by atoms with van der Waals surface area (Å²) in [5.41, 5.74) is 7.76. The van der Waals surface area contributed by atoms with E-state index in [0.717, 1.165) is 18.5 Å². The van der Waals surface area contributed by atoms with Crippen molar-refractivity contribution in [1.29, 1.82) is 0 Å². The number of amidine groups is 1. The van der Waals surface area contributed by atoms with E-state index in [9.17, 15) is 4.79 Å². The molecule has 0 spiro atoms. The van der Waals surface area contributed by atoms with Gasteiger partial charge in [0.05, 0.1) is 12.4 Å². The van der Waals surface area contributed by atoms with E-state index in [-0.39, 0.29) is 18.0 Å². The van der Waals surface area contributed by atoms with Crippen LogP contribution in [0.1, 0.15) is 22.5 Å². The van der Waals surface area contributed by atoms with Gasteiger partial charge in [-0.1, -0.05) is 12.1 Å².